The van der Waals surface area contributed by atoms with Crippen molar-refractivity contribution in [2.24, 2.45) is 5.73 Å². The zero-order valence-corrected chi connectivity index (χ0v) is 18.8. The number of nitrogens with two attached hydrogens (primary N) is 1. The molecule has 1 atom stereocenters. The highest BCUT2D eigenvalue weighted by Crippen LogP contribution is 2.43. The van der Waals surface area contributed by atoms with Crippen molar-refractivity contribution in [1.82, 2.24) is 0 Å². The Bertz CT molecular complexity index is 1250. The van der Waals surface area contributed by atoms with Crippen molar-refractivity contribution in [1.29, 1.82) is 5.26 Å². The van der Waals surface area contributed by atoms with E-state index in [-0.39, 0.29) is 18.4 Å². The van der Waals surface area contributed by atoms with Gasteiger partial charge in [0.25, 0.3) is 0 Å². The van der Waals surface area contributed by atoms with Crippen LogP contribution in [0.4, 0.5) is 0 Å². The van der Waals surface area contributed by atoms with Crippen LogP contribution in [-0.2, 0) is 4.79 Å². The largest absolute Gasteiger partial charge is 0.482 e. The smallest absolute Gasteiger partial charge is 0.349 e. The maximum absolute atomic E-state index is 12.3. The summed E-state index contributed by atoms with van der Waals surface area (Å²) >= 11 is 3.42. The van der Waals surface area contributed by atoms with Gasteiger partial charge < -0.3 is 19.9 Å². The number of nitriles is 1. The van der Waals surface area contributed by atoms with E-state index in [0.717, 1.165) is 21.2 Å². The minimum Gasteiger partial charge on any atom is -0.482 e. The molecule has 0 bridgehead atoms. The number of allylic oxidation sites excluding steroid dienone is 1. The van der Waals surface area contributed by atoms with Gasteiger partial charge in [-0.3, -0.25) is 0 Å². The second-order valence-electron chi connectivity index (χ2n) is 7.20. The fourth-order valence-corrected chi connectivity index (χ4v) is 3.78. The second-order valence-corrected chi connectivity index (χ2v) is 8.12. The predicted octanol–water partition coefficient (Wildman–Crippen LogP) is 4.96. The number of aryl methyl sites for hydroxylation is 1. The number of fused-ring (bicyclic) bond motifs is 1. The van der Waals surface area contributed by atoms with Crippen LogP contribution in [0.15, 0.2) is 82.7 Å². The van der Waals surface area contributed by atoms with Gasteiger partial charge in [-0.25, -0.2) is 4.79 Å². The van der Waals surface area contributed by atoms with Crippen LogP contribution in [-0.4, -0.2) is 12.6 Å². The fourth-order valence-electron chi connectivity index (χ4n) is 3.51. The van der Waals surface area contributed by atoms with Gasteiger partial charge in [0.1, 0.15) is 28.9 Å². The molecule has 0 aliphatic carbocycles. The summed E-state index contributed by atoms with van der Waals surface area (Å²) in [6.07, 6.45) is 0. The van der Waals surface area contributed by atoms with Crippen molar-refractivity contribution < 1.29 is 19.0 Å². The lowest BCUT2D eigenvalue weighted by Gasteiger charge is -2.26. The molecule has 2 N–H and O–H groups in total. The standard InChI is InChI=1S/C25H19BrN2O4/c1-15-4-2-3-5-21(15)30-14-23(29)31-18-10-11-19-22(12-18)32-25(28)20(13-27)24(19)16-6-8-17(26)9-7-16/h2-12,24H,14,28H2,1H3. The molecule has 0 spiro atoms. The zero-order chi connectivity index (χ0) is 22.7. The molecule has 0 aromatic heterocycles. The molecular weight excluding hydrogens is 472 g/mol. The molecule has 1 unspecified atom stereocenters. The Morgan fingerprint density at radius 3 is 2.62 bits per heavy atom. The number of hydrogen-bond acceptors (Lipinski definition) is 6. The van der Waals surface area contributed by atoms with Crippen molar-refractivity contribution in [3.63, 3.8) is 0 Å². The average molecular weight is 491 g/mol. The molecule has 32 heavy (non-hydrogen) atoms. The third kappa shape index (κ3) is 4.46. The molecule has 0 amide bonds. The van der Waals surface area contributed by atoms with Crippen LogP contribution in [0.2, 0.25) is 0 Å². The first-order valence-corrected chi connectivity index (χ1v) is 10.6. The van der Waals surface area contributed by atoms with E-state index in [2.05, 4.69) is 22.0 Å². The SMILES string of the molecule is Cc1ccccc1OCC(=O)Oc1ccc2c(c1)OC(N)=C(C#N)C2c1ccc(Br)cc1. The second kappa shape index (κ2) is 9.16. The number of carbonyl (C=O) groups is 1. The van der Waals surface area contributed by atoms with Crippen LogP contribution in [0.1, 0.15) is 22.6 Å². The van der Waals surface area contributed by atoms with E-state index in [0.29, 0.717) is 22.8 Å². The highest BCUT2D eigenvalue weighted by molar-refractivity contribution is 9.10. The Labute approximate surface area is 194 Å². The molecule has 1 aliphatic rings. The van der Waals surface area contributed by atoms with Crippen LogP contribution in [0.3, 0.4) is 0 Å². The topological polar surface area (TPSA) is 94.6 Å². The number of rotatable bonds is 5. The first kappa shape index (κ1) is 21.5. The number of para-hydroxylation sites is 1. The van der Waals surface area contributed by atoms with Gasteiger partial charge in [-0.1, -0.05) is 52.3 Å². The summed E-state index contributed by atoms with van der Waals surface area (Å²) in [4.78, 5) is 12.3. The Balaban J connectivity index is 1.55. The molecular formula is C25H19BrN2O4. The lowest BCUT2D eigenvalue weighted by Crippen LogP contribution is -2.21. The summed E-state index contributed by atoms with van der Waals surface area (Å²) in [5.74, 6) is 0.446. The molecule has 0 radical (unpaired) electrons. The number of nitrogens with zero attached hydrogens (tertiary/aromatic N) is 1. The summed E-state index contributed by atoms with van der Waals surface area (Å²) in [7, 11) is 0. The molecule has 0 fully saturated rings. The monoisotopic (exact) mass is 490 g/mol. The van der Waals surface area contributed by atoms with E-state index in [1.165, 1.54) is 0 Å². The van der Waals surface area contributed by atoms with Crippen molar-refractivity contribution in [2.75, 3.05) is 6.61 Å². The van der Waals surface area contributed by atoms with Crippen LogP contribution in [0.5, 0.6) is 17.2 Å². The molecule has 0 saturated heterocycles. The van der Waals surface area contributed by atoms with Crippen LogP contribution < -0.4 is 19.9 Å². The van der Waals surface area contributed by atoms with E-state index >= 15 is 0 Å². The lowest BCUT2D eigenvalue weighted by atomic mass is 9.83. The normalized spacial score (nSPS) is 14.7. The van der Waals surface area contributed by atoms with E-state index in [1.54, 1.807) is 24.3 Å². The van der Waals surface area contributed by atoms with E-state index < -0.39 is 5.97 Å². The Morgan fingerprint density at radius 2 is 1.91 bits per heavy atom. The van der Waals surface area contributed by atoms with Gasteiger partial charge in [0.05, 0.1) is 5.92 Å². The minimum absolute atomic E-state index is 0.0271. The quantitative estimate of drug-likeness (QED) is 0.401. The average Bonchev–Trinajstić information content (AvgIpc) is 2.78. The highest BCUT2D eigenvalue weighted by Gasteiger charge is 2.31. The molecule has 1 heterocycles. The molecule has 3 aromatic rings. The number of hydrogen-bond donors (Lipinski definition) is 1. The van der Waals surface area contributed by atoms with Crippen molar-refractivity contribution in [3.05, 3.63) is 99.3 Å². The van der Waals surface area contributed by atoms with Crippen LogP contribution in [0.25, 0.3) is 0 Å². The number of carbonyl (C=O) groups excluding carboxylic acids is 1. The van der Waals surface area contributed by atoms with Gasteiger partial charge >= 0.3 is 5.97 Å². The number of esters is 1. The van der Waals surface area contributed by atoms with E-state index in [4.69, 9.17) is 19.9 Å². The zero-order valence-electron chi connectivity index (χ0n) is 17.2. The molecule has 160 valence electrons. The first-order chi connectivity index (χ1) is 15.5. The summed E-state index contributed by atoms with van der Waals surface area (Å²) in [5, 5.41) is 9.66. The van der Waals surface area contributed by atoms with Crippen molar-refractivity contribution >= 4 is 21.9 Å². The molecule has 0 saturated carbocycles. The van der Waals surface area contributed by atoms with Crippen molar-refractivity contribution in [3.8, 4) is 23.3 Å². The Morgan fingerprint density at radius 1 is 1.16 bits per heavy atom. The predicted molar refractivity (Wildman–Crippen MR) is 122 cm³/mol. The van der Waals surface area contributed by atoms with Gasteiger partial charge in [-0.2, -0.15) is 5.26 Å². The Hall–Kier alpha value is -3.76. The maximum Gasteiger partial charge on any atom is 0.349 e. The van der Waals surface area contributed by atoms with E-state index in [1.807, 2.05) is 49.4 Å². The third-order valence-corrected chi connectivity index (χ3v) is 5.59. The Kier molecular flexibility index (Phi) is 6.15. The maximum atomic E-state index is 12.3. The number of ether oxygens (including phenoxy) is 3. The molecule has 6 nitrogen and oxygen atoms in total. The van der Waals surface area contributed by atoms with Crippen LogP contribution in [0, 0.1) is 18.3 Å². The van der Waals surface area contributed by atoms with Gasteiger partial charge in [0.15, 0.2) is 6.61 Å². The first-order valence-electron chi connectivity index (χ1n) is 9.82. The summed E-state index contributed by atoms with van der Waals surface area (Å²) in [6, 6.07) is 22.3. The van der Waals surface area contributed by atoms with Gasteiger partial charge in [0.2, 0.25) is 5.88 Å². The summed E-state index contributed by atoms with van der Waals surface area (Å²) in [5.41, 5.74) is 8.95. The van der Waals surface area contributed by atoms with Crippen molar-refractivity contribution in [2.45, 2.75) is 12.8 Å². The molecule has 7 heteroatoms. The fraction of sp³-hybridized carbons (Fsp3) is 0.120. The summed E-state index contributed by atoms with van der Waals surface area (Å²) in [6.45, 7) is 1.67. The van der Waals surface area contributed by atoms with Crippen LogP contribution >= 0.6 is 15.9 Å². The van der Waals surface area contributed by atoms with E-state index in [9.17, 15) is 10.1 Å². The number of benzene rings is 3. The third-order valence-electron chi connectivity index (χ3n) is 5.06. The van der Waals surface area contributed by atoms with Gasteiger partial charge in [0, 0.05) is 16.1 Å². The minimum atomic E-state index is -0.547. The summed E-state index contributed by atoms with van der Waals surface area (Å²) < 4.78 is 17.6. The number of halogens is 1. The van der Waals surface area contributed by atoms with Gasteiger partial charge in [-0.15, -0.1) is 0 Å². The lowest BCUT2D eigenvalue weighted by molar-refractivity contribution is -0.136. The molecule has 4 rings (SSSR count). The molecule has 3 aromatic carbocycles. The van der Waals surface area contributed by atoms with Gasteiger partial charge in [-0.05, 0) is 42.3 Å². The molecule has 1 aliphatic heterocycles. The highest BCUT2D eigenvalue weighted by atomic mass is 79.9.